The molecule has 2 aliphatic rings. The molecule has 7 nitrogen and oxygen atoms in total. The van der Waals surface area contributed by atoms with Gasteiger partial charge in [-0.15, -0.1) is 0 Å². The molecule has 2 bridgehead atoms. The molecule has 2 aromatic carbocycles. The first-order chi connectivity index (χ1) is 19.1. The van der Waals surface area contributed by atoms with Gasteiger partial charge in [-0.3, -0.25) is 0 Å². The van der Waals surface area contributed by atoms with E-state index in [9.17, 15) is 14.4 Å². The molecular weight excluding hydrogens is 508 g/mol. The summed E-state index contributed by atoms with van der Waals surface area (Å²) < 4.78 is 22.1. The SMILES string of the molecule is C=CC(=O)OCCCCCCOc1ccc(C(=O)Oc2ccc(C(=O)O[C@H]3C[C@@H]4CC[C@]3(C)C4(C)C)cc2)cc1. The van der Waals surface area contributed by atoms with Crippen LogP contribution in [-0.2, 0) is 14.3 Å². The molecule has 2 aliphatic carbocycles. The van der Waals surface area contributed by atoms with E-state index in [0.717, 1.165) is 44.6 Å². The Morgan fingerprint density at radius 2 is 1.45 bits per heavy atom. The monoisotopic (exact) mass is 548 g/mol. The molecule has 0 unspecified atom stereocenters. The number of hydrogen-bond acceptors (Lipinski definition) is 7. The van der Waals surface area contributed by atoms with Gasteiger partial charge in [0.2, 0.25) is 0 Å². The number of fused-ring (bicyclic) bond motifs is 2. The summed E-state index contributed by atoms with van der Waals surface area (Å²) in [5.74, 6) is 0.403. The van der Waals surface area contributed by atoms with Gasteiger partial charge in [-0.2, -0.15) is 0 Å². The molecule has 0 aromatic heterocycles. The van der Waals surface area contributed by atoms with Crippen molar-refractivity contribution in [3.8, 4) is 11.5 Å². The van der Waals surface area contributed by atoms with Crippen LogP contribution in [0.1, 0.15) is 86.4 Å². The Balaban J connectivity index is 1.18. The van der Waals surface area contributed by atoms with Gasteiger partial charge in [-0.1, -0.05) is 27.4 Å². The summed E-state index contributed by atoms with van der Waals surface area (Å²) in [6.07, 6.45) is 7.89. The molecule has 0 heterocycles. The van der Waals surface area contributed by atoms with Crippen LogP contribution in [-0.4, -0.2) is 37.2 Å². The van der Waals surface area contributed by atoms with E-state index in [4.69, 9.17) is 18.9 Å². The number of hydrogen-bond donors (Lipinski definition) is 0. The number of carbonyl (C=O) groups is 3. The number of rotatable bonds is 13. The van der Waals surface area contributed by atoms with E-state index in [1.807, 2.05) is 0 Å². The summed E-state index contributed by atoms with van der Waals surface area (Å²) in [5, 5.41) is 0. The molecule has 0 aliphatic heterocycles. The summed E-state index contributed by atoms with van der Waals surface area (Å²) in [7, 11) is 0. The fraction of sp³-hybridized carbons (Fsp3) is 0.485. The van der Waals surface area contributed by atoms with Crippen LogP contribution >= 0.6 is 0 Å². The number of ether oxygens (including phenoxy) is 4. The maximum atomic E-state index is 12.8. The first kappa shape index (κ1) is 29.4. The smallest absolute Gasteiger partial charge is 0.343 e. The van der Waals surface area contributed by atoms with Gasteiger partial charge in [0.15, 0.2) is 0 Å². The van der Waals surface area contributed by atoms with E-state index < -0.39 is 11.9 Å². The van der Waals surface area contributed by atoms with Crippen molar-refractivity contribution >= 4 is 17.9 Å². The van der Waals surface area contributed by atoms with Gasteiger partial charge in [0, 0.05) is 11.5 Å². The lowest BCUT2D eigenvalue weighted by molar-refractivity contribution is -0.137. The third-order valence-corrected chi connectivity index (χ3v) is 9.07. The lowest BCUT2D eigenvalue weighted by atomic mass is 9.70. The Hall–Kier alpha value is -3.61. The van der Waals surface area contributed by atoms with Crippen LogP contribution in [0.5, 0.6) is 11.5 Å². The molecule has 4 rings (SSSR count). The van der Waals surface area contributed by atoms with Gasteiger partial charge in [0.25, 0.3) is 0 Å². The number of esters is 3. The van der Waals surface area contributed by atoms with Crippen molar-refractivity contribution in [3.63, 3.8) is 0 Å². The van der Waals surface area contributed by atoms with E-state index in [1.54, 1.807) is 48.5 Å². The second kappa shape index (κ2) is 12.7. The van der Waals surface area contributed by atoms with E-state index in [2.05, 4.69) is 27.4 Å². The summed E-state index contributed by atoms with van der Waals surface area (Å²) in [6, 6.07) is 13.3. The van der Waals surface area contributed by atoms with Crippen LogP contribution in [0, 0.1) is 16.7 Å². The standard InChI is InChI=1S/C33H40O7/c1-5-29(34)38-21-9-7-6-8-20-37-26-14-10-23(11-15-26)30(35)39-27-16-12-24(13-17-27)31(36)40-28-22-25-18-19-33(28,4)32(25,2)3/h5,10-17,25,28H,1,6-9,18-22H2,2-4H3/t25-,28-,33-/m0/s1. The fourth-order valence-electron chi connectivity index (χ4n) is 6.00. The number of carbonyl (C=O) groups excluding carboxylic acids is 3. The third-order valence-electron chi connectivity index (χ3n) is 9.07. The Kier molecular flexibility index (Phi) is 9.33. The average molecular weight is 549 g/mol. The quantitative estimate of drug-likeness (QED) is 0.116. The van der Waals surface area contributed by atoms with Crippen LogP contribution < -0.4 is 9.47 Å². The zero-order valence-electron chi connectivity index (χ0n) is 23.8. The Morgan fingerprint density at radius 3 is 2.02 bits per heavy atom. The summed E-state index contributed by atoms with van der Waals surface area (Å²) in [6.45, 7) is 11.2. The summed E-state index contributed by atoms with van der Waals surface area (Å²) >= 11 is 0. The first-order valence-corrected chi connectivity index (χ1v) is 14.2. The summed E-state index contributed by atoms with van der Waals surface area (Å²) in [4.78, 5) is 36.4. The molecule has 40 heavy (non-hydrogen) atoms. The van der Waals surface area contributed by atoms with Gasteiger partial charge in [0.1, 0.15) is 17.6 Å². The van der Waals surface area contributed by atoms with Crippen molar-refractivity contribution in [2.75, 3.05) is 13.2 Å². The Morgan fingerprint density at radius 1 is 0.850 bits per heavy atom. The van der Waals surface area contributed by atoms with Crippen molar-refractivity contribution in [1.82, 2.24) is 0 Å². The van der Waals surface area contributed by atoms with E-state index in [0.29, 0.717) is 41.8 Å². The highest BCUT2D eigenvalue weighted by atomic mass is 16.5. The maximum Gasteiger partial charge on any atom is 0.343 e. The second-order valence-corrected chi connectivity index (χ2v) is 11.6. The molecule has 0 radical (unpaired) electrons. The minimum absolute atomic E-state index is 0.00784. The highest BCUT2D eigenvalue weighted by Crippen LogP contribution is 2.66. The molecule has 214 valence electrons. The van der Waals surface area contributed by atoms with Crippen molar-refractivity contribution in [2.24, 2.45) is 16.7 Å². The molecule has 7 heteroatoms. The Bertz CT molecular complexity index is 1200. The molecule has 2 fully saturated rings. The Labute approximate surface area is 236 Å². The minimum Gasteiger partial charge on any atom is -0.494 e. The van der Waals surface area contributed by atoms with Crippen molar-refractivity contribution < 1.29 is 33.3 Å². The normalized spacial score (nSPS) is 22.4. The maximum absolute atomic E-state index is 12.8. The van der Waals surface area contributed by atoms with Gasteiger partial charge in [-0.05, 0) is 105 Å². The average Bonchev–Trinajstić information content (AvgIpc) is 3.28. The van der Waals surface area contributed by atoms with E-state index >= 15 is 0 Å². The highest BCUT2D eigenvalue weighted by Gasteiger charge is 2.62. The molecule has 0 N–H and O–H groups in total. The zero-order chi connectivity index (χ0) is 28.8. The molecular formula is C33H40O7. The van der Waals surface area contributed by atoms with E-state index in [1.165, 1.54) is 6.42 Å². The minimum atomic E-state index is -0.490. The van der Waals surface area contributed by atoms with Gasteiger partial charge in [0.05, 0.1) is 24.3 Å². The van der Waals surface area contributed by atoms with Crippen LogP contribution in [0.4, 0.5) is 0 Å². The van der Waals surface area contributed by atoms with Gasteiger partial charge < -0.3 is 18.9 Å². The van der Waals surface area contributed by atoms with Crippen LogP contribution in [0.3, 0.4) is 0 Å². The predicted octanol–water partition coefficient (Wildman–Crippen LogP) is 6.95. The molecule has 0 amide bonds. The van der Waals surface area contributed by atoms with Crippen LogP contribution in [0.2, 0.25) is 0 Å². The first-order valence-electron chi connectivity index (χ1n) is 14.2. The van der Waals surface area contributed by atoms with Crippen molar-refractivity contribution in [2.45, 2.75) is 71.8 Å². The van der Waals surface area contributed by atoms with Gasteiger partial charge >= 0.3 is 17.9 Å². The second-order valence-electron chi connectivity index (χ2n) is 11.6. The lowest BCUT2D eigenvalue weighted by Gasteiger charge is -2.38. The molecule has 0 saturated heterocycles. The summed E-state index contributed by atoms with van der Waals surface area (Å²) in [5.41, 5.74) is 1.03. The zero-order valence-corrected chi connectivity index (χ0v) is 23.8. The number of benzene rings is 2. The van der Waals surface area contributed by atoms with E-state index in [-0.39, 0.29) is 22.9 Å². The molecule has 2 saturated carbocycles. The van der Waals surface area contributed by atoms with Gasteiger partial charge in [-0.25, -0.2) is 14.4 Å². The largest absolute Gasteiger partial charge is 0.494 e. The van der Waals surface area contributed by atoms with Crippen LogP contribution in [0.25, 0.3) is 0 Å². The van der Waals surface area contributed by atoms with Crippen molar-refractivity contribution in [3.05, 3.63) is 72.3 Å². The molecule has 3 atom stereocenters. The third kappa shape index (κ3) is 6.57. The fourth-order valence-corrected chi connectivity index (χ4v) is 6.00. The molecule has 2 aromatic rings. The topological polar surface area (TPSA) is 88.1 Å². The van der Waals surface area contributed by atoms with Crippen molar-refractivity contribution in [1.29, 1.82) is 0 Å². The molecule has 0 spiro atoms. The van der Waals surface area contributed by atoms with Crippen LogP contribution in [0.15, 0.2) is 61.2 Å². The lowest BCUT2D eigenvalue weighted by Crippen LogP contribution is -2.38. The number of unbranched alkanes of at least 4 members (excludes halogenated alkanes) is 3. The highest BCUT2D eigenvalue weighted by molar-refractivity contribution is 5.92. The predicted molar refractivity (Wildman–Crippen MR) is 151 cm³/mol.